The molecule has 0 aromatic heterocycles. The van der Waals surface area contributed by atoms with E-state index >= 15 is 0 Å². The van der Waals surface area contributed by atoms with Crippen LogP contribution in [0.3, 0.4) is 0 Å². The van der Waals surface area contributed by atoms with Gasteiger partial charge in [-0.2, -0.15) is 0 Å². The summed E-state index contributed by atoms with van der Waals surface area (Å²) in [5, 5.41) is 3.42. The zero-order chi connectivity index (χ0) is 8.70. The summed E-state index contributed by atoms with van der Waals surface area (Å²) in [4.78, 5) is 4.47. The predicted molar refractivity (Wildman–Crippen MR) is 49.0 cm³/mol. The van der Waals surface area contributed by atoms with E-state index in [1.165, 1.54) is 0 Å². The number of aliphatic imine (C=N–C) groups is 1. The Morgan fingerprint density at radius 3 is 2.09 bits per heavy atom. The van der Waals surface area contributed by atoms with Crippen LogP contribution in [0.1, 0.15) is 34.6 Å². The SMILES string of the molecule is CC1(C)CN=C(C(C)(C)C)N1. The average molecular weight is 154 g/mol. The minimum atomic E-state index is 0.169. The van der Waals surface area contributed by atoms with Crippen LogP contribution in [0.25, 0.3) is 0 Å². The molecule has 0 radical (unpaired) electrons. The summed E-state index contributed by atoms with van der Waals surface area (Å²) in [6.45, 7) is 11.8. The van der Waals surface area contributed by atoms with E-state index in [0.29, 0.717) is 0 Å². The van der Waals surface area contributed by atoms with Crippen molar-refractivity contribution in [1.29, 1.82) is 0 Å². The van der Waals surface area contributed by atoms with Crippen LogP contribution >= 0.6 is 0 Å². The van der Waals surface area contributed by atoms with Crippen LogP contribution < -0.4 is 5.32 Å². The van der Waals surface area contributed by atoms with Crippen LogP contribution in [-0.4, -0.2) is 17.9 Å². The summed E-state index contributed by atoms with van der Waals surface area (Å²) >= 11 is 0. The van der Waals surface area contributed by atoms with Crippen molar-refractivity contribution < 1.29 is 0 Å². The van der Waals surface area contributed by atoms with Crippen molar-refractivity contribution in [1.82, 2.24) is 5.32 Å². The number of hydrogen-bond donors (Lipinski definition) is 1. The van der Waals surface area contributed by atoms with Crippen molar-refractivity contribution in [2.45, 2.75) is 40.2 Å². The second-order valence-electron chi connectivity index (χ2n) is 4.92. The first-order valence-electron chi connectivity index (χ1n) is 4.14. The average Bonchev–Trinajstić information content (AvgIpc) is 2.07. The Hall–Kier alpha value is -0.530. The Morgan fingerprint density at radius 1 is 1.36 bits per heavy atom. The maximum absolute atomic E-state index is 4.47. The molecule has 1 heterocycles. The highest BCUT2D eigenvalue weighted by Gasteiger charge is 2.30. The molecule has 2 nitrogen and oxygen atoms in total. The van der Waals surface area contributed by atoms with Gasteiger partial charge in [-0.05, 0) is 13.8 Å². The molecule has 0 atom stereocenters. The largest absolute Gasteiger partial charge is 0.367 e. The molecule has 2 heteroatoms. The third kappa shape index (κ3) is 1.95. The molecular weight excluding hydrogens is 136 g/mol. The molecule has 0 spiro atoms. The topological polar surface area (TPSA) is 24.4 Å². The van der Waals surface area contributed by atoms with E-state index in [4.69, 9.17) is 0 Å². The van der Waals surface area contributed by atoms with E-state index in [2.05, 4.69) is 44.9 Å². The highest BCUT2D eigenvalue weighted by Crippen LogP contribution is 2.21. The number of nitrogens with one attached hydrogen (secondary N) is 1. The smallest absolute Gasteiger partial charge is 0.102 e. The zero-order valence-corrected chi connectivity index (χ0v) is 8.15. The molecule has 0 aromatic carbocycles. The van der Waals surface area contributed by atoms with Crippen molar-refractivity contribution in [3.63, 3.8) is 0 Å². The van der Waals surface area contributed by atoms with Crippen molar-refractivity contribution in [2.24, 2.45) is 10.4 Å². The van der Waals surface area contributed by atoms with Gasteiger partial charge < -0.3 is 5.32 Å². The summed E-state index contributed by atoms with van der Waals surface area (Å²) in [5.41, 5.74) is 0.344. The Balaban J connectivity index is 2.68. The first-order chi connectivity index (χ1) is 4.81. The molecule has 0 aromatic rings. The van der Waals surface area contributed by atoms with Gasteiger partial charge in [-0.25, -0.2) is 0 Å². The van der Waals surface area contributed by atoms with Crippen LogP contribution in [0.15, 0.2) is 4.99 Å². The lowest BCUT2D eigenvalue weighted by atomic mass is 9.94. The molecule has 0 saturated heterocycles. The van der Waals surface area contributed by atoms with Crippen LogP contribution in [-0.2, 0) is 0 Å². The van der Waals surface area contributed by atoms with E-state index < -0.39 is 0 Å². The zero-order valence-electron chi connectivity index (χ0n) is 8.15. The van der Waals surface area contributed by atoms with Gasteiger partial charge in [-0.15, -0.1) is 0 Å². The van der Waals surface area contributed by atoms with Gasteiger partial charge in [0.25, 0.3) is 0 Å². The molecule has 1 rings (SSSR count). The van der Waals surface area contributed by atoms with Crippen molar-refractivity contribution >= 4 is 5.84 Å². The number of nitrogens with zero attached hydrogens (tertiary/aromatic N) is 1. The van der Waals surface area contributed by atoms with Crippen molar-refractivity contribution in [3.8, 4) is 0 Å². The van der Waals surface area contributed by atoms with Crippen LogP contribution in [0.5, 0.6) is 0 Å². The molecule has 0 aliphatic carbocycles. The molecular formula is C9H18N2. The summed E-state index contributed by atoms with van der Waals surface area (Å²) < 4.78 is 0. The minimum absolute atomic E-state index is 0.169. The standard InChI is InChI=1S/C9H18N2/c1-8(2,3)7-10-6-9(4,5)11-7/h6H2,1-5H3,(H,10,11). The normalized spacial score (nSPS) is 22.8. The fourth-order valence-corrected chi connectivity index (χ4v) is 1.10. The van der Waals surface area contributed by atoms with Crippen molar-refractivity contribution in [3.05, 3.63) is 0 Å². The van der Waals surface area contributed by atoms with Crippen molar-refractivity contribution in [2.75, 3.05) is 6.54 Å². The quantitative estimate of drug-likeness (QED) is 0.565. The summed E-state index contributed by atoms with van der Waals surface area (Å²) in [7, 11) is 0. The van der Waals surface area contributed by atoms with Gasteiger partial charge in [0.2, 0.25) is 0 Å². The molecule has 0 saturated carbocycles. The fraction of sp³-hybridized carbons (Fsp3) is 0.889. The molecule has 0 amide bonds. The van der Waals surface area contributed by atoms with Gasteiger partial charge in [0.1, 0.15) is 5.84 Å². The molecule has 1 aliphatic heterocycles. The highest BCUT2D eigenvalue weighted by atomic mass is 15.1. The predicted octanol–water partition coefficient (Wildman–Crippen LogP) is 1.81. The summed E-state index contributed by atoms with van der Waals surface area (Å²) in [6.07, 6.45) is 0. The van der Waals surface area contributed by atoms with E-state index in [-0.39, 0.29) is 11.0 Å². The minimum Gasteiger partial charge on any atom is -0.367 e. The molecule has 0 bridgehead atoms. The van der Waals surface area contributed by atoms with E-state index in [0.717, 1.165) is 12.4 Å². The first-order valence-corrected chi connectivity index (χ1v) is 4.14. The van der Waals surface area contributed by atoms with Gasteiger partial charge in [-0.1, -0.05) is 20.8 Å². The van der Waals surface area contributed by atoms with Gasteiger partial charge in [0.05, 0.1) is 12.1 Å². The Bertz CT molecular complexity index is 184. The number of amidine groups is 1. The summed E-state index contributed by atoms with van der Waals surface area (Å²) in [6, 6.07) is 0. The number of rotatable bonds is 0. The Kier molecular flexibility index (Phi) is 1.73. The van der Waals surface area contributed by atoms with E-state index in [1.54, 1.807) is 0 Å². The summed E-state index contributed by atoms with van der Waals surface area (Å²) in [5.74, 6) is 1.14. The van der Waals surface area contributed by atoms with Gasteiger partial charge in [0.15, 0.2) is 0 Å². The lowest BCUT2D eigenvalue weighted by Gasteiger charge is -2.24. The second-order valence-corrected chi connectivity index (χ2v) is 4.92. The second kappa shape index (κ2) is 2.23. The Labute approximate surface area is 69.1 Å². The highest BCUT2D eigenvalue weighted by molar-refractivity contribution is 5.89. The molecule has 1 aliphatic rings. The fourth-order valence-electron chi connectivity index (χ4n) is 1.10. The first kappa shape index (κ1) is 8.57. The van der Waals surface area contributed by atoms with Gasteiger partial charge in [0, 0.05) is 5.41 Å². The maximum Gasteiger partial charge on any atom is 0.102 e. The third-order valence-electron chi connectivity index (χ3n) is 1.80. The molecule has 0 fully saturated rings. The Morgan fingerprint density at radius 2 is 1.91 bits per heavy atom. The number of hydrogen-bond acceptors (Lipinski definition) is 2. The van der Waals surface area contributed by atoms with Crippen LogP contribution in [0.4, 0.5) is 0 Å². The van der Waals surface area contributed by atoms with Gasteiger partial charge >= 0.3 is 0 Å². The maximum atomic E-state index is 4.47. The van der Waals surface area contributed by atoms with Crippen LogP contribution in [0.2, 0.25) is 0 Å². The third-order valence-corrected chi connectivity index (χ3v) is 1.80. The lowest BCUT2D eigenvalue weighted by molar-refractivity contribution is 0.482. The lowest BCUT2D eigenvalue weighted by Crippen LogP contribution is -2.43. The monoisotopic (exact) mass is 154 g/mol. The van der Waals surface area contributed by atoms with E-state index in [9.17, 15) is 0 Å². The molecule has 1 N–H and O–H groups in total. The molecule has 0 unspecified atom stereocenters. The van der Waals surface area contributed by atoms with E-state index in [1.807, 2.05) is 0 Å². The molecule has 64 valence electrons. The van der Waals surface area contributed by atoms with Gasteiger partial charge in [-0.3, -0.25) is 4.99 Å². The molecule has 11 heavy (non-hydrogen) atoms. The van der Waals surface area contributed by atoms with Crippen LogP contribution in [0, 0.1) is 5.41 Å².